The van der Waals surface area contributed by atoms with Gasteiger partial charge in [-0.1, -0.05) is 18.6 Å². The van der Waals surface area contributed by atoms with Crippen LogP contribution in [0.5, 0.6) is 0 Å². The van der Waals surface area contributed by atoms with Crippen molar-refractivity contribution in [3.63, 3.8) is 0 Å². The van der Waals surface area contributed by atoms with Crippen molar-refractivity contribution in [1.29, 1.82) is 0 Å². The van der Waals surface area contributed by atoms with Crippen molar-refractivity contribution in [2.75, 3.05) is 6.54 Å². The number of hydrogen-bond acceptors (Lipinski definition) is 2. The third-order valence-electron chi connectivity index (χ3n) is 3.61. The van der Waals surface area contributed by atoms with Crippen LogP contribution < -0.4 is 11.1 Å². The summed E-state index contributed by atoms with van der Waals surface area (Å²) in [7, 11) is 0. The van der Waals surface area contributed by atoms with Gasteiger partial charge in [-0.05, 0) is 49.9 Å². The average molecular weight is 236 g/mol. The van der Waals surface area contributed by atoms with E-state index in [9.17, 15) is 4.39 Å². The first-order valence-corrected chi connectivity index (χ1v) is 6.41. The highest BCUT2D eigenvalue weighted by Crippen LogP contribution is 2.17. The SMILES string of the molecule is Cc1cc(CCNC2CCCC2N)ccc1F. The molecular formula is C14H21FN2. The first kappa shape index (κ1) is 12.5. The lowest BCUT2D eigenvalue weighted by Crippen LogP contribution is -2.41. The molecule has 2 nitrogen and oxygen atoms in total. The van der Waals surface area contributed by atoms with Crippen LogP contribution in [0.1, 0.15) is 30.4 Å². The zero-order chi connectivity index (χ0) is 12.3. The van der Waals surface area contributed by atoms with Gasteiger partial charge in [0.1, 0.15) is 5.82 Å². The van der Waals surface area contributed by atoms with E-state index in [4.69, 9.17) is 5.73 Å². The van der Waals surface area contributed by atoms with Crippen LogP contribution in [0, 0.1) is 12.7 Å². The lowest BCUT2D eigenvalue weighted by Gasteiger charge is -2.17. The lowest BCUT2D eigenvalue weighted by molar-refractivity contribution is 0.479. The van der Waals surface area contributed by atoms with Gasteiger partial charge >= 0.3 is 0 Å². The summed E-state index contributed by atoms with van der Waals surface area (Å²) in [4.78, 5) is 0. The quantitative estimate of drug-likeness (QED) is 0.840. The molecule has 0 saturated heterocycles. The number of hydrogen-bond donors (Lipinski definition) is 2. The van der Waals surface area contributed by atoms with Gasteiger partial charge in [0, 0.05) is 12.1 Å². The third-order valence-corrected chi connectivity index (χ3v) is 3.61. The second kappa shape index (κ2) is 5.61. The molecule has 3 N–H and O–H groups in total. The molecule has 1 aliphatic rings. The summed E-state index contributed by atoms with van der Waals surface area (Å²) in [6, 6.07) is 6.11. The van der Waals surface area contributed by atoms with Gasteiger partial charge in [-0.15, -0.1) is 0 Å². The summed E-state index contributed by atoms with van der Waals surface area (Å²) in [5.41, 5.74) is 7.90. The second-order valence-electron chi connectivity index (χ2n) is 4.99. The Kier molecular flexibility index (Phi) is 4.13. The molecule has 2 unspecified atom stereocenters. The summed E-state index contributed by atoms with van der Waals surface area (Å²) >= 11 is 0. The van der Waals surface area contributed by atoms with Crippen LogP contribution in [0.2, 0.25) is 0 Å². The van der Waals surface area contributed by atoms with Crippen LogP contribution in [-0.2, 0) is 6.42 Å². The Morgan fingerprint density at radius 1 is 1.41 bits per heavy atom. The monoisotopic (exact) mass is 236 g/mol. The number of rotatable bonds is 4. The van der Waals surface area contributed by atoms with Crippen LogP contribution in [0.25, 0.3) is 0 Å². The molecule has 3 heteroatoms. The van der Waals surface area contributed by atoms with E-state index in [1.165, 1.54) is 18.4 Å². The van der Waals surface area contributed by atoms with Crippen molar-refractivity contribution in [2.24, 2.45) is 5.73 Å². The Labute approximate surface area is 102 Å². The highest BCUT2D eigenvalue weighted by molar-refractivity contribution is 5.24. The van der Waals surface area contributed by atoms with Gasteiger partial charge < -0.3 is 11.1 Å². The van der Waals surface area contributed by atoms with E-state index in [1.54, 1.807) is 13.0 Å². The molecule has 2 rings (SSSR count). The molecule has 1 fully saturated rings. The first-order chi connectivity index (χ1) is 8.16. The fourth-order valence-corrected chi connectivity index (χ4v) is 2.51. The van der Waals surface area contributed by atoms with Gasteiger partial charge in [0.25, 0.3) is 0 Å². The molecule has 1 saturated carbocycles. The predicted molar refractivity (Wildman–Crippen MR) is 68.5 cm³/mol. The minimum atomic E-state index is -0.125. The van der Waals surface area contributed by atoms with Crippen molar-refractivity contribution in [3.8, 4) is 0 Å². The van der Waals surface area contributed by atoms with Crippen LogP contribution in [0.3, 0.4) is 0 Å². The van der Waals surface area contributed by atoms with Crippen LogP contribution >= 0.6 is 0 Å². The Bertz CT molecular complexity index is 378. The van der Waals surface area contributed by atoms with Crippen molar-refractivity contribution in [2.45, 2.75) is 44.7 Å². The van der Waals surface area contributed by atoms with Gasteiger partial charge in [0.2, 0.25) is 0 Å². The number of nitrogens with two attached hydrogens (primary N) is 1. The molecule has 0 spiro atoms. The molecule has 1 aromatic rings. The zero-order valence-corrected chi connectivity index (χ0v) is 10.4. The normalized spacial score (nSPS) is 24.2. The molecule has 0 amide bonds. The minimum Gasteiger partial charge on any atom is -0.326 e. The molecular weight excluding hydrogens is 215 g/mol. The van der Waals surface area contributed by atoms with E-state index in [0.29, 0.717) is 12.1 Å². The van der Waals surface area contributed by atoms with E-state index in [-0.39, 0.29) is 5.82 Å². The Morgan fingerprint density at radius 3 is 2.88 bits per heavy atom. The first-order valence-electron chi connectivity index (χ1n) is 6.41. The maximum atomic E-state index is 13.1. The zero-order valence-electron chi connectivity index (χ0n) is 10.4. The second-order valence-corrected chi connectivity index (χ2v) is 4.99. The predicted octanol–water partition coefficient (Wildman–Crippen LogP) is 2.15. The number of aryl methyl sites for hydroxylation is 1. The van der Waals surface area contributed by atoms with Crippen LogP contribution in [-0.4, -0.2) is 18.6 Å². The molecule has 1 aromatic carbocycles. The van der Waals surface area contributed by atoms with Crippen molar-refractivity contribution >= 4 is 0 Å². The summed E-state index contributed by atoms with van der Waals surface area (Å²) in [5, 5.41) is 3.50. The fourth-order valence-electron chi connectivity index (χ4n) is 2.51. The Hall–Kier alpha value is -0.930. The molecule has 0 bridgehead atoms. The highest BCUT2D eigenvalue weighted by Gasteiger charge is 2.22. The molecule has 94 valence electrons. The summed E-state index contributed by atoms with van der Waals surface area (Å²) in [6.45, 7) is 2.72. The smallest absolute Gasteiger partial charge is 0.126 e. The molecule has 0 heterocycles. The number of benzene rings is 1. The Morgan fingerprint density at radius 2 is 2.24 bits per heavy atom. The number of nitrogens with one attached hydrogen (secondary N) is 1. The van der Waals surface area contributed by atoms with Crippen LogP contribution in [0.15, 0.2) is 18.2 Å². The third kappa shape index (κ3) is 3.27. The van der Waals surface area contributed by atoms with Gasteiger partial charge in [0.15, 0.2) is 0 Å². The van der Waals surface area contributed by atoms with Crippen molar-refractivity contribution in [1.82, 2.24) is 5.32 Å². The minimum absolute atomic E-state index is 0.125. The van der Waals surface area contributed by atoms with E-state index in [0.717, 1.165) is 24.9 Å². The molecule has 17 heavy (non-hydrogen) atoms. The van der Waals surface area contributed by atoms with E-state index in [1.807, 2.05) is 12.1 Å². The molecule has 0 radical (unpaired) electrons. The molecule has 0 aromatic heterocycles. The Balaban J connectivity index is 1.79. The average Bonchev–Trinajstić information content (AvgIpc) is 2.70. The van der Waals surface area contributed by atoms with Gasteiger partial charge in [-0.3, -0.25) is 0 Å². The summed E-state index contributed by atoms with van der Waals surface area (Å²) in [5.74, 6) is -0.125. The topological polar surface area (TPSA) is 38.0 Å². The maximum absolute atomic E-state index is 13.1. The molecule has 0 aliphatic heterocycles. The van der Waals surface area contributed by atoms with Gasteiger partial charge in [0.05, 0.1) is 0 Å². The summed E-state index contributed by atoms with van der Waals surface area (Å²) in [6.07, 6.45) is 4.48. The van der Waals surface area contributed by atoms with Crippen molar-refractivity contribution in [3.05, 3.63) is 35.1 Å². The van der Waals surface area contributed by atoms with E-state index >= 15 is 0 Å². The standard InChI is InChI=1S/C14H21FN2/c1-10-9-11(5-6-12(10)15)7-8-17-14-4-2-3-13(14)16/h5-6,9,13-14,17H,2-4,7-8,16H2,1H3. The van der Waals surface area contributed by atoms with Gasteiger partial charge in [-0.25, -0.2) is 4.39 Å². The molecule has 1 aliphatic carbocycles. The number of halogens is 1. The van der Waals surface area contributed by atoms with Crippen molar-refractivity contribution < 1.29 is 4.39 Å². The fraction of sp³-hybridized carbons (Fsp3) is 0.571. The van der Waals surface area contributed by atoms with E-state index < -0.39 is 0 Å². The van der Waals surface area contributed by atoms with E-state index in [2.05, 4.69) is 5.32 Å². The lowest BCUT2D eigenvalue weighted by atomic mass is 10.1. The maximum Gasteiger partial charge on any atom is 0.126 e. The summed E-state index contributed by atoms with van der Waals surface area (Å²) < 4.78 is 13.1. The highest BCUT2D eigenvalue weighted by atomic mass is 19.1. The largest absolute Gasteiger partial charge is 0.326 e. The van der Waals surface area contributed by atoms with Gasteiger partial charge in [-0.2, -0.15) is 0 Å². The van der Waals surface area contributed by atoms with Crippen LogP contribution in [0.4, 0.5) is 4.39 Å². The molecule has 2 atom stereocenters.